The molecule has 5 nitrogen and oxygen atoms in total. The van der Waals surface area contributed by atoms with Gasteiger partial charge < -0.3 is 9.67 Å². The Hall–Kier alpha value is -7.59. The highest BCUT2D eigenvalue weighted by molar-refractivity contribution is 6.89. The molecule has 398 valence electrons. The van der Waals surface area contributed by atoms with E-state index in [9.17, 15) is 5.11 Å². The lowest BCUT2D eigenvalue weighted by Gasteiger charge is -2.28. The highest BCUT2D eigenvalue weighted by atomic mass is 28.3. The first-order valence-corrected chi connectivity index (χ1v) is 35.1. The predicted molar refractivity (Wildman–Crippen MR) is 344 cm³/mol. The lowest BCUT2D eigenvalue weighted by molar-refractivity contribution is 0.446. The van der Waals surface area contributed by atoms with E-state index >= 15 is 0 Å². The molecule has 0 aliphatic carbocycles. The topological polar surface area (TPSA) is 55.9 Å². The molecule has 0 saturated carbocycles. The fraction of sp³-hybridized carbons (Fsp3) is 0.250. The van der Waals surface area contributed by atoms with Gasteiger partial charge in [0.25, 0.3) is 0 Å². The van der Waals surface area contributed by atoms with E-state index in [1.54, 1.807) is 0 Å². The molecule has 0 radical (unpaired) electrons. The summed E-state index contributed by atoms with van der Waals surface area (Å²) in [4.78, 5) is 11.1. The predicted octanol–water partition coefficient (Wildman–Crippen LogP) is 18.5. The molecule has 0 fully saturated rings. The monoisotopic (exact) mass is 1070 g/mol. The van der Waals surface area contributed by atoms with Crippen LogP contribution in [0.15, 0.2) is 182 Å². The number of hydrogen-bond donors (Lipinski definition) is 1. The summed E-state index contributed by atoms with van der Waals surface area (Å²) in [6.45, 7) is 34.6. The van der Waals surface area contributed by atoms with Gasteiger partial charge in [0.1, 0.15) is 11.6 Å². The third-order valence-corrected chi connectivity index (χ3v) is 20.2. The van der Waals surface area contributed by atoms with Gasteiger partial charge in [0.15, 0.2) is 0 Å². The average Bonchev–Trinajstić information content (AvgIpc) is 4.15. The molecule has 1 N–H and O–H groups in total. The number of rotatable bonds is 9. The van der Waals surface area contributed by atoms with E-state index < -0.39 is 16.1 Å². The Morgan fingerprint density at radius 3 is 1.73 bits per heavy atom. The molecule has 79 heavy (non-hydrogen) atoms. The Balaban J connectivity index is 1.17. The third kappa shape index (κ3) is 9.90. The fourth-order valence-electron chi connectivity index (χ4n) is 11.4. The maximum absolute atomic E-state index is 12.8. The van der Waals surface area contributed by atoms with Gasteiger partial charge in [-0.05, 0) is 104 Å². The molecule has 0 saturated heterocycles. The van der Waals surface area contributed by atoms with Crippen LogP contribution in [0.3, 0.4) is 0 Å². The van der Waals surface area contributed by atoms with Crippen molar-refractivity contribution in [1.82, 2.24) is 19.1 Å². The number of phenols is 1. The molecular formula is C72H76N4OSi2. The van der Waals surface area contributed by atoms with E-state index in [2.05, 4.69) is 287 Å². The second kappa shape index (κ2) is 19.4. The Morgan fingerprint density at radius 2 is 1.05 bits per heavy atom. The third-order valence-electron chi connectivity index (χ3n) is 16.1. The van der Waals surface area contributed by atoms with Crippen molar-refractivity contribution in [2.45, 2.75) is 118 Å². The van der Waals surface area contributed by atoms with Crippen LogP contribution in [0.1, 0.15) is 79.0 Å². The second-order valence-electron chi connectivity index (χ2n) is 27.0. The molecule has 3 heterocycles. The number of benzene rings is 8. The van der Waals surface area contributed by atoms with Crippen molar-refractivity contribution in [2.75, 3.05) is 0 Å². The Kier molecular flexibility index (Phi) is 13.1. The van der Waals surface area contributed by atoms with Crippen LogP contribution in [-0.2, 0) is 16.2 Å². The first kappa shape index (κ1) is 53.4. The second-order valence-corrected chi connectivity index (χ2v) is 37.2. The SMILES string of the molecule is CC(C)(C)c1cc(-c2cccc3c2nc(-c2cc(C(C)(C)C)cc(C(C)(C)C)c2O)n3-c2ccc([Si](C)(C)C)cc2-c2ccccc2)cc(-c2nccc3c2c2ccccc2n3-c2cccc(-c3ccc([Si](C)(C)C)cc3)c2)c1. The average molecular weight is 1070 g/mol. The molecule has 8 aromatic carbocycles. The molecule has 3 aromatic heterocycles. The number of nitrogens with zero attached hydrogens (tertiary/aromatic N) is 4. The number of aromatic nitrogens is 4. The lowest BCUT2D eigenvalue weighted by Crippen LogP contribution is -2.37. The van der Waals surface area contributed by atoms with Gasteiger partial charge in [-0.15, -0.1) is 0 Å². The highest BCUT2D eigenvalue weighted by Crippen LogP contribution is 2.47. The molecule has 11 aromatic rings. The number of pyridine rings is 1. The number of fused-ring (bicyclic) bond motifs is 4. The smallest absolute Gasteiger partial charge is 0.149 e. The molecule has 0 amide bonds. The molecule has 7 heteroatoms. The van der Waals surface area contributed by atoms with Crippen molar-refractivity contribution in [3.05, 3.63) is 199 Å². The van der Waals surface area contributed by atoms with Crippen LogP contribution >= 0.6 is 0 Å². The van der Waals surface area contributed by atoms with Crippen LogP contribution in [0, 0.1) is 0 Å². The van der Waals surface area contributed by atoms with E-state index in [-0.39, 0.29) is 22.0 Å². The van der Waals surface area contributed by atoms with E-state index in [0.29, 0.717) is 5.82 Å². The van der Waals surface area contributed by atoms with Crippen LogP contribution < -0.4 is 10.4 Å². The van der Waals surface area contributed by atoms with Gasteiger partial charge in [0, 0.05) is 44.9 Å². The molecule has 0 bridgehead atoms. The summed E-state index contributed by atoms with van der Waals surface area (Å²) < 4.78 is 4.74. The summed E-state index contributed by atoms with van der Waals surface area (Å²) in [5.41, 5.74) is 18.1. The number of para-hydroxylation sites is 2. The fourth-order valence-corrected chi connectivity index (χ4v) is 13.7. The van der Waals surface area contributed by atoms with E-state index in [4.69, 9.17) is 9.97 Å². The molecular weight excluding hydrogens is 993 g/mol. The summed E-state index contributed by atoms with van der Waals surface area (Å²) in [6.07, 6.45) is 1.98. The van der Waals surface area contributed by atoms with Gasteiger partial charge in [-0.1, -0.05) is 233 Å². The maximum atomic E-state index is 12.8. The van der Waals surface area contributed by atoms with Crippen molar-refractivity contribution in [3.63, 3.8) is 0 Å². The number of imidazole rings is 1. The van der Waals surface area contributed by atoms with Crippen LogP contribution in [-0.4, -0.2) is 40.4 Å². The number of aromatic hydroxyl groups is 1. The quantitative estimate of drug-likeness (QED) is 0.147. The molecule has 0 aliphatic rings. The zero-order valence-corrected chi connectivity index (χ0v) is 51.1. The Bertz CT molecular complexity index is 4150. The normalized spacial score (nSPS) is 12.8. The van der Waals surface area contributed by atoms with Crippen molar-refractivity contribution in [3.8, 4) is 73.2 Å². The van der Waals surface area contributed by atoms with Gasteiger partial charge in [-0.2, -0.15) is 0 Å². The minimum absolute atomic E-state index is 0.199. The number of hydrogen-bond acceptors (Lipinski definition) is 3. The van der Waals surface area contributed by atoms with Crippen LogP contribution in [0.4, 0.5) is 0 Å². The summed E-state index contributed by atoms with van der Waals surface area (Å²) in [6, 6.07) is 64.9. The minimum atomic E-state index is -1.75. The van der Waals surface area contributed by atoms with Gasteiger partial charge >= 0.3 is 0 Å². The van der Waals surface area contributed by atoms with Crippen LogP contribution in [0.5, 0.6) is 5.75 Å². The van der Waals surface area contributed by atoms with Gasteiger partial charge in [-0.25, -0.2) is 4.98 Å². The van der Waals surface area contributed by atoms with Crippen molar-refractivity contribution < 1.29 is 5.11 Å². The Labute approximate surface area is 470 Å². The summed E-state index contributed by atoms with van der Waals surface area (Å²) in [7, 11) is -3.19. The van der Waals surface area contributed by atoms with Gasteiger partial charge in [0.2, 0.25) is 0 Å². The minimum Gasteiger partial charge on any atom is -0.507 e. The van der Waals surface area contributed by atoms with Gasteiger partial charge in [-0.3, -0.25) is 9.55 Å². The van der Waals surface area contributed by atoms with Gasteiger partial charge in [0.05, 0.1) is 55.2 Å². The summed E-state index contributed by atoms with van der Waals surface area (Å²) >= 11 is 0. The molecule has 0 spiro atoms. The standard InChI is InChI=1S/C72H76N4OSi2/c1-70(2,3)51-40-49(39-50(41-51)66-65-57-27-19-20-29-61(57)75(63(65)37-38-73-66)53-26-21-25-48(42-53)46-31-33-54(34-32-46)78(10,11)12)56-28-22-30-64-67(56)74-69(59-43-52(71(4,5)6)44-60(68(59)77)72(7,8)9)76(64)62-36-35-55(79(13,14)15)45-58(62)47-23-17-16-18-24-47/h16-45,77H,1-15H3. The van der Waals surface area contributed by atoms with E-state index in [1.165, 1.54) is 27.1 Å². The highest BCUT2D eigenvalue weighted by Gasteiger charge is 2.31. The first-order valence-electron chi connectivity index (χ1n) is 28.1. The summed E-state index contributed by atoms with van der Waals surface area (Å²) in [5.74, 6) is 0.963. The Morgan fingerprint density at radius 1 is 0.430 bits per heavy atom. The molecule has 0 atom stereocenters. The van der Waals surface area contributed by atoms with E-state index in [0.717, 1.165) is 94.4 Å². The van der Waals surface area contributed by atoms with Crippen molar-refractivity contribution >= 4 is 59.4 Å². The number of phenolic OH excluding ortho intramolecular Hbond substituents is 1. The van der Waals surface area contributed by atoms with E-state index in [1.807, 2.05) is 6.20 Å². The summed E-state index contributed by atoms with van der Waals surface area (Å²) in [5, 5.41) is 17.9. The molecule has 0 aliphatic heterocycles. The first-order chi connectivity index (χ1) is 37.3. The van der Waals surface area contributed by atoms with Crippen LogP contribution in [0.2, 0.25) is 39.3 Å². The lowest BCUT2D eigenvalue weighted by atomic mass is 9.79. The van der Waals surface area contributed by atoms with Crippen molar-refractivity contribution in [1.29, 1.82) is 0 Å². The molecule has 0 unspecified atom stereocenters. The molecule has 11 rings (SSSR count). The zero-order chi connectivity index (χ0) is 56.1. The largest absolute Gasteiger partial charge is 0.507 e. The maximum Gasteiger partial charge on any atom is 0.149 e. The van der Waals surface area contributed by atoms with Crippen LogP contribution in [0.25, 0.3) is 100 Å². The zero-order valence-electron chi connectivity index (χ0n) is 49.1. The van der Waals surface area contributed by atoms with Crippen molar-refractivity contribution in [2.24, 2.45) is 0 Å².